The third kappa shape index (κ3) is 3.86. The number of nitrogens with two attached hydrogens (primary N) is 1. The zero-order chi connectivity index (χ0) is 18.9. The van der Waals surface area contributed by atoms with Crippen LogP contribution in [0, 0.1) is 0 Å². The van der Waals surface area contributed by atoms with Crippen LogP contribution in [-0.4, -0.2) is 25.0 Å². The summed E-state index contributed by atoms with van der Waals surface area (Å²) in [6, 6.07) is 11.2. The second-order valence-electron chi connectivity index (χ2n) is 5.27. The van der Waals surface area contributed by atoms with Crippen molar-refractivity contribution < 1.29 is 26.3 Å². The summed E-state index contributed by atoms with van der Waals surface area (Å²) in [5.41, 5.74) is 1.70. The van der Waals surface area contributed by atoms with Crippen LogP contribution in [0.25, 0.3) is 22.4 Å². The number of alkyl halides is 3. The molecule has 0 spiro atoms. The smallest absolute Gasteiger partial charge is 0.406 e. The highest BCUT2D eigenvalue weighted by molar-refractivity contribution is 7.89. The summed E-state index contributed by atoms with van der Waals surface area (Å²) in [5, 5.41) is 11.9. The van der Waals surface area contributed by atoms with Gasteiger partial charge in [-0.25, -0.2) is 13.6 Å². The van der Waals surface area contributed by atoms with E-state index in [1.807, 2.05) is 0 Å². The molecule has 6 nitrogen and oxygen atoms in total. The lowest BCUT2D eigenvalue weighted by Crippen LogP contribution is -2.16. The molecule has 3 N–H and O–H groups in total. The molecule has 0 bridgehead atoms. The van der Waals surface area contributed by atoms with E-state index in [2.05, 4.69) is 14.9 Å². The topological polar surface area (TPSA) is 98.1 Å². The Balaban J connectivity index is 2.03. The summed E-state index contributed by atoms with van der Waals surface area (Å²) in [7, 11) is -3.98. The van der Waals surface area contributed by atoms with E-state index in [9.17, 15) is 21.6 Å². The first kappa shape index (κ1) is 18.0. The Hall–Kier alpha value is -2.85. The van der Waals surface area contributed by atoms with Crippen molar-refractivity contribution in [1.82, 2.24) is 10.2 Å². The number of nitrogens with one attached hydrogen (secondary N) is 1. The second kappa shape index (κ2) is 6.46. The minimum atomic E-state index is -4.78. The van der Waals surface area contributed by atoms with Gasteiger partial charge in [0, 0.05) is 11.1 Å². The summed E-state index contributed by atoms with van der Waals surface area (Å²) in [6.07, 6.45) is -3.34. The number of benzene rings is 2. The van der Waals surface area contributed by atoms with Crippen LogP contribution >= 0.6 is 0 Å². The molecular weight excluding hydrogens is 371 g/mol. The Morgan fingerprint density at radius 2 is 1.65 bits per heavy atom. The van der Waals surface area contributed by atoms with Crippen molar-refractivity contribution in [3.05, 3.63) is 54.7 Å². The summed E-state index contributed by atoms with van der Waals surface area (Å²) in [5.74, 6) is -0.365. The van der Waals surface area contributed by atoms with Gasteiger partial charge in [-0.2, -0.15) is 5.10 Å². The molecule has 0 saturated carbocycles. The molecule has 0 fully saturated rings. The van der Waals surface area contributed by atoms with E-state index in [1.54, 1.807) is 12.1 Å². The van der Waals surface area contributed by atoms with Crippen molar-refractivity contribution in [2.75, 3.05) is 0 Å². The molecule has 136 valence electrons. The first-order valence-corrected chi connectivity index (χ1v) is 8.71. The van der Waals surface area contributed by atoms with Crippen molar-refractivity contribution in [2.45, 2.75) is 11.3 Å². The van der Waals surface area contributed by atoms with Gasteiger partial charge in [-0.15, -0.1) is 13.2 Å². The van der Waals surface area contributed by atoms with Gasteiger partial charge in [0.15, 0.2) is 0 Å². The van der Waals surface area contributed by atoms with Gasteiger partial charge in [0.25, 0.3) is 0 Å². The normalized spacial score (nSPS) is 12.2. The Morgan fingerprint density at radius 1 is 1.00 bits per heavy atom. The highest BCUT2D eigenvalue weighted by Crippen LogP contribution is 2.34. The highest BCUT2D eigenvalue weighted by atomic mass is 32.2. The van der Waals surface area contributed by atoms with Gasteiger partial charge in [-0.3, -0.25) is 5.10 Å². The second-order valence-corrected chi connectivity index (χ2v) is 6.80. The first-order chi connectivity index (χ1) is 12.1. The summed E-state index contributed by atoms with van der Waals surface area (Å²) in [4.78, 5) is -0.0949. The average molecular weight is 383 g/mol. The van der Waals surface area contributed by atoms with E-state index < -0.39 is 16.4 Å². The molecule has 3 rings (SSSR count). The maximum absolute atomic E-state index is 12.3. The third-order valence-electron chi connectivity index (χ3n) is 3.50. The molecule has 0 aliphatic rings. The first-order valence-electron chi connectivity index (χ1n) is 7.17. The van der Waals surface area contributed by atoms with Gasteiger partial charge >= 0.3 is 6.36 Å². The highest BCUT2D eigenvalue weighted by Gasteiger charge is 2.31. The van der Waals surface area contributed by atoms with Crippen LogP contribution in [-0.2, 0) is 10.0 Å². The van der Waals surface area contributed by atoms with Crippen LogP contribution in [0.1, 0.15) is 0 Å². The number of aromatic nitrogens is 2. The molecule has 0 aliphatic carbocycles. The number of hydrogen-bond donors (Lipinski definition) is 2. The molecule has 3 aromatic rings. The lowest BCUT2D eigenvalue weighted by atomic mass is 10.0. The van der Waals surface area contributed by atoms with E-state index in [1.165, 1.54) is 30.5 Å². The number of rotatable bonds is 4. The molecule has 2 aromatic carbocycles. The van der Waals surface area contributed by atoms with Crippen LogP contribution in [0.15, 0.2) is 59.6 Å². The Kier molecular flexibility index (Phi) is 4.46. The number of halogens is 3. The quantitative estimate of drug-likeness (QED) is 0.722. The predicted molar refractivity (Wildman–Crippen MR) is 87.5 cm³/mol. The Labute approximate surface area is 146 Å². The van der Waals surface area contributed by atoms with Crippen LogP contribution in [0.3, 0.4) is 0 Å². The number of aromatic amines is 1. The zero-order valence-electron chi connectivity index (χ0n) is 13.0. The fourth-order valence-electron chi connectivity index (χ4n) is 2.47. The minimum absolute atomic E-state index is 0.0949. The SMILES string of the molecule is NS(=O)(=O)c1ccccc1-c1[nH]ncc1-c1ccc(OC(F)(F)F)cc1. The maximum Gasteiger partial charge on any atom is 0.573 e. The number of hydrogen-bond acceptors (Lipinski definition) is 4. The predicted octanol–water partition coefficient (Wildman–Crippen LogP) is 3.29. The van der Waals surface area contributed by atoms with Crippen molar-refractivity contribution in [1.29, 1.82) is 0 Å². The van der Waals surface area contributed by atoms with Crippen molar-refractivity contribution in [3.63, 3.8) is 0 Å². The molecule has 1 aromatic heterocycles. The fourth-order valence-corrected chi connectivity index (χ4v) is 3.21. The third-order valence-corrected chi connectivity index (χ3v) is 4.47. The molecule has 26 heavy (non-hydrogen) atoms. The van der Waals surface area contributed by atoms with Gasteiger partial charge < -0.3 is 4.74 Å². The number of nitrogens with zero attached hydrogens (tertiary/aromatic N) is 1. The molecule has 0 atom stereocenters. The van der Waals surface area contributed by atoms with Crippen molar-refractivity contribution in [3.8, 4) is 28.1 Å². The molecule has 0 aliphatic heterocycles. The summed E-state index contributed by atoms with van der Waals surface area (Å²) < 4.78 is 64.2. The van der Waals surface area contributed by atoms with E-state index >= 15 is 0 Å². The van der Waals surface area contributed by atoms with Crippen LogP contribution in [0.5, 0.6) is 5.75 Å². The minimum Gasteiger partial charge on any atom is -0.406 e. The zero-order valence-corrected chi connectivity index (χ0v) is 13.8. The largest absolute Gasteiger partial charge is 0.573 e. The van der Waals surface area contributed by atoms with Gasteiger partial charge in [0.1, 0.15) is 5.75 Å². The number of primary sulfonamides is 1. The lowest BCUT2D eigenvalue weighted by Gasteiger charge is -2.10. The van der Waals surface area contributed by atoms with Gasteiger partial charge in [0.2, 0.25) is 10.0 Å². The van der Waals surface area contributed by atoms with Gasteiger partial charge in [-0.05, 0) is 23.8 Å². The van der Waals surface area contributed by atoms with Crippen molar-refractivity contribution >= 4 is 10.0 Å². The summed E-state index contributed by atoms with van der Waals surface area (Å²) >= 11 is 0. The lowest BCUT2D eigenvalue weighted by molar-refractivity contribution is -0.274. The molecule has 0 saturated heterocycles. The van der Waals surface area contributed by atoms with E-state index in [-0.39, 0.29) is 10.6 Å². The molecule has 1 heterocycles. The molecule has 10 heteroatoms. The van der Waals surface area contributed by atoms with E-state index in [0.29, 0.717) is 22.4 Å². The molecule has 0 unspecified atom stereocenters. The Bertz CT molecular complexity index is 1030. The number of ether oxygens (including phenoxy) is 1. The van der Waals surface area contributed by atoms with Crippen LogP contribution < -0.4 is 9.88 Å². The van der Waals surface area contributed by atoms with E-state index in [0.717, 1.165) is 12.1 Å². The molecule has 0 radical (unpaired) electrons. The molecular formula is C16H12F3N3O3S. The standard InChI is InChI=1S/C16H12F3N3O3S/c17-16(18,19)25-11-7-5-10(6-8-11)13-9-21-22-15(13)12-3-1-2-4-14(12)26(20,23)24/h1-9H,(H,21,22)(H2,20,23,24). The fraction of sp³-hybridized carbons (Fsp3) is 0.0625. The van der Waals surface area contributed by atoms with Gasteiger partial charge in [-0.1, -0.05) is 30.3 Å². The molecule has 0 amide bonds. The summed E-state index contributed by atoms with van der Waals surface area (Å²) in [6.45, 7) is 0. The van der Waals surface area contributed by atoms with Crippen LogP contribution in [0.2, 0.25) is 0 Å². The van der Waals surface area contributed by atoms with Crippen molar-refractivity contribution in [2.24, 2.45) is 5.14 Å². The Morgan fingerprint density at radius 3 is 2.27 bits per heavy atom. The van der Waals surface area contributed by atoms with Crippen LogP contribution in [0.4, 0.5) is 13.2 Å². The van der Waals surface area contributed by atoms with Gasteiger partial charge in [0.05, 0.1) is 16.8 Å². The maximum atomic E-state index is 12.3. The average Bonchev–Trinajstić information content (AvgIpc) is 3.03. The number of sulfonamides is 1. The van der Waals surface area contributed by atoms with E-state index in [4.69, 9.17) is 5.14 Å². The number of H-pyrrole nitrogens is 1. The monoisotopic (exact) mass is 383 g/mol.